The highest BCUT2D eigenvalue weighted by Gasteiger charge is 2.30. The van der Waals surface area contributed by atoms with Crippen molar-refractivity contribution in [3.63, 3.8) is 0 Å². The van der Waals surface area contributed by atoms with Crippen LogP contribution in [0.3, 0.4) is 0 Å². The summed E-state index contributed by atoms with van der Waals surface area (Å²) in [5.74, 6) is -0.523. The molecular weight excluding hydrogens is 329 g/mol. The Bertz CT molecular complexity index is 758. The number of hydrogen-bond acceptors (Lipinski definition) is 4. The van der Waals surface area contributed by atoms with Gasteiger partial charge in [-0.25, -0.2) is 0 Å². The van der Waals surface area contributed by atoms with Crippen molar-refractivity contribution < 1.29 is 22.9 Å². The summed E-state index contributed by atoms with van der Waals surface area (Å²) < 4.78 is 39.0. The van der Waals surface area contributed by atoms with Crippen molar-refractivity contribution in [3.05, 3.63) is 57.9 Å². The maximum atomic E-state index is 12.6. The van der Waals surface area contributed by atoms with Crippen molar-refractivity contribution in [3.8, 4) is 0 Å². The zero-order valence-corrected chi connectivity index (χ0v) is 12.4. The highest BCUT2D eigenvalue weighted by molar-refractivity contribution is 5.79. The van der Waals surface area contributed by atoms with E-state index in [0.717, 1.165) is 29.2 Å². The molecule has 128 valence electrons. The van der Waals surface area contributed by atoms with Crippen molar-refractivity contribution >= 4 is 11.6 Å². The second-order valence-corrected chi connectivity index (χ2v) is 5.03. The Labute approximate surface area is 134 Å². The van der Waals surface area contributed by atoms with Gasteiger partial charge in [-0.1, -0.05) is 12.1 Å². The van der Waals surface area contributed by atoms with Gasteiger partial charge in [0.05, 0.1) is 10.5 Å². The Morgan fingerprint density at radius 2 is 2.17 bits per heavy atom. The lowest BCUT2D eigenvalue weighted by atomic mass is 10.1. The van der Waals surface area contributed by atoms with E-state index in [1.165, 1.54) is 19.1 Å². The number of rotatable bonds is 5. The SMILES string of the molecule is CC(C(=O)NCc1cccc(C(F)(F)F)c1)n1cc([N+](=O)[O-])cn1. The van der Waals surface area contributed by atoms with Crippen LogP contribution in [-0.4, -0.2) is 20.6 Å². The molecule has 10 heteroatoms. The Kier molecular flexibility index (Phi) is 4.86. The van der Waals surface area contributed by atoms with Crippen LogP contribution < -0.4 is 5.32 Å². The largest absolute Gasteiger partial charge is 0.416 e. The zero-order chi connectivity index (χ0) is 17.9. The Hall–Kier alpha value is -2.91. The van der Waals surface area contributed by atoms with Gasteiger partial charge in [0.2, 0.25) is 5.91 Å². The van der Waals surface area contributed by atoms with Gasteiger partial charge in [0, 0.05) is 6.54 Å². The summed E-state index contributed by atoms with van der Waals surface area (Å²) in [5.41, 5.74) is -0.769. The number of hydrogen-bond donors (Lipinski definition) is 1. The molecule has 0 aliphatic heterocycles. The highest BCUT2D eigenvalue weighted by atomic mass is 19.4. The van der Waals surface area contributed by atoms with Crippen molar-refractivity contribution in [1.29, 1.82) is 0 Å². The van der Waals surface area contributed by atoms with E-state index in [9.17, 15) is 28.1 Å². The molecule has 0 aliphatic rings. The molecule has 1 unspecified atom stereocenters. The fourth-order valence-electron chi connectivity index (χ4n) is 1.95. The maximum absolute atomic E-state index is 12.6. The van der Waals surface area contributed by atoms with E-state index in [0.29, 0.717) is 0 Å². The normalized spacial score (nSPS) is 12.7. The van der Waals surface area contributed by atoms with E-state index in [2.05, 4.69) is 10.4 Å². The number of amides is 1. The molecule has 1 amide bonds. The summed E-state index contributed by atoms with van der Waals surface area (Å²) in [7, 11) is 0. The number of nitro groups is 1. The van der Waals surface area contributed by atoms with Gasteiger partial charge in [-0.2, -0.15) is 18.3 Å². The molecule has 1 heterocycles. The van der Waals surface area contributed by atoms with Gasteiger partial charge in [0.1, 0.15) is 18.4 Å². The van der Waals surface area contributed by atoms with Crippen LogP contribution in [0, 0.1) is 10.1 Å². The first kappa shape index (κ1) is 17.4. The fourth-order valence-corrected chi connectivity index (χ4v) is 1.95. The minimum Gasteiger partial charge on any atom is -0.350 e. The molecule has 1 aromatic carbocycles. The number of carbonyl (C=O) groups is 1. The first-order valence-corrected chi connectivity index (χ1v) is 6.81. The topological polar surface area (TPSA) is 90.1 Å². The number of aromatic nitrogens is 2. The van der Waals surface area contributed by atoms with Crippen LogP contribution in [0.15, 0.2) is 36.7 Å². The van der Waals surface area contributed by atoms with Crippen molar-refractivity contribution in [2.24, 2.45) is 0 Å². The minimum absolute atomic E-state index is 0.101. The zero-order valence-electron chi connectivity index (χ0n) is 12.4. The van der Waals surface area contributed by atoms with Gasteiger partial charge in [-0.15, -0.1) is 0 Å². The lowest BCUT2D eigenvalue weighted by Gasteiger charge is -2.13. The molecule has 24 heavy (non-hydrogen) atoms. The summed E-state index contributed by atoms with van der Waals surface area (Å²) in [6.45, 7) is 1.37. The fraction of sp³-hybridized carbons (Fsp3) is 0.286. The molecule has 0 saturated carbocycles. The molecule has 0 saturated heterocycles. The number of nitrogens with zero attached hydrogens (tertiary/aromatic N) is 3. The third-order valence-electron chi connectivity index (χ3n) is 3.30. The van der Waals surface area contributed by atoms with E-state index in [4.69, 9.17) is 0 Å². The Morgan fingerprint density at radius 1 is 1.46 bits per heavy atom. The molecule has 2 aromatic rings. The van der Waals surface area contributed by atoms with Crippen LogP contribution in [-0.2, 0) is 17.5 Å². The minimum atomic E-state index is -4.46. The summed E-state index contributed by atoms with van der Waals surface area (Å²) in [4.78, 5) is 22.0. The summed E-state index contributed by atoms with van der Waals surface area (Å²) in [6, 6.07) is 3.76. The lowest BCUT2D eigenvalue weighted by molar-refractivity contribution is -0.385. The molecule has 0 fully saturated rings. The molecule has 0 spiro atoms. The number of carbonyl (C=O) groups excluding carboxylic acids is 1. The van der Waals surface area contributed by atoms with E-state index in [1.807, 2.05) is 0 Å². The molecule has 0 aliphatic carbocycles. The van der Waals surface area contributed by atoms with Gasteiger partial charge >= 0.3 is 11.9 Å². The Balaban J connectivity index is 2.01. The number of alkyl halides is 3. The monoisotopic (exact) mass is 342 g/mol. The second kappa shape index (κ2) is 6.69. The summed E-state index contributed by atoms with van der Waals surface area (Å²) in [6.07, 6.45) is -2.34. The van der Waals surface area contributed by atoms with Crippen molar-refractivity contribution in [2.75, 3.05) is 0 Å². The molecular formula is C14H13F3N4O3. The summed E-state index contributed by atoms with van der Waals surface area (Å²) in [5, 5.41) is 16.8. The van der Waals surface area contributed by atoms with Gasteiger partial charge in [-0.3, -0.25) is 19.6 Å². The van der Waals surface area contributed by atoms with Crippen LogP contribution in [0.25, 0.3) is 0 Å². The number of benzene rings is 1. The third kappa shape index (κ3) is 4.09. The molecule has 1 atom stereocenters. The average molecular weight is 342 g/mol. The van der Waals surface area contributed by atoms with E-state index in [-0.39, 0.29) is 17.8 Å². The Morgan fingerprint density at radius 3 is 2.75 bits per heavy atom. The molecule has 0 bridgehead atoms. The maximum Gasteiger partial charge on any atom is 0.416 e. The van der Waals surface area contributed by atoms with Gasteiger partial charge < -0.3 is 5.32 Å². The van der Waals surface area contributed by atoms with Crippen molar-refractivity contribution in [2.45, 2.75) is 25.7 Å². The van der Waals surface area contributed by atoms with Crippen molar-refractivity contribution in [1.82, 2.24) is 15.1 Å². The average Bonchev–Trinajstić information content (AvgIpc) is 3.01. The van der Waals surface area contributed by atoms with Crippen LogP contribution >= 0.6 is 0 Å². The first-order chi connectivity index (χ1) is 11.2. The highest BCUT2D eigenvalue weighted by Crippen LogP contribution is 2.29. The quantitative estimate of drug-likeness (QED) is 0.668. The summed E-state index contributed by atoms with van der Waals surface area (Å²) >= 11 is 0. The van der Waals surface area contributed by atoms with Crippen LogP contribution in [0.4, 0.5) is 18.9 Å². The van der Waals surface area contributed by atoms with Gasteiger partial charge in [0.15, 0.2) is 0 Å². The van der Waals surface area contributed by atoms with Crippen LogP contribution in [0.1, 0.15) is 24.1 Å². The first-order valence-electron chi connectivity index (χ1n) is 6.81. The molecule has 0 radical (unpaired) electrons. The number of nitrogens with one attached hydrogen (secondary N) is 1. The van der Waals surface area contributed by atoms with Gasteiger partial charge in [-0.05, 0) is 24.6 Å². The van der Waals surface area contributed by atoms with E-state index in [1.54, 1.807) is 0 Å². The molecule has 1 aromatic heterocycles. The van der Waals surface area contributed by atoms with Crippen LogP contribution in [0.5, 0.6) is 0 Å². The predicted octanol–water partition coefficient (Wildman–Crippen LogP) is 2.69. The predicted molar refractivity (Wildman–Crippen MR) is 76.9 cm³/mol. The third-order valence-corrected chi connectivity index (χ3v) is 3.30. The lowest BCUT2D eigenvalue weighted by Crippen LogP contribution is -2.30. The molecule has 7 nitrogen and oxygen atoms in total. The second-order valence-electron chi connectivity index (χ2n) is 5.03. The number of halogens is 3. The smallest absolute Gasteiger partial charge is 0.350 e. The van der Waals surface area contributed by atoms with E-state index < -0.39 is 28.6 Å². The molecule has 2 rings (SSSR count). The van der Waals surface area contributed by atoms with Gasteiger partial charge in [0.25, 0.3) is 0 Å². The molecule has 1 N–H and O–H groups in total. The van der Waals surface area contributed by atoms with E-state index >= 15 is 0 Å². The standard InChI is InChI=1S/C14H13F3N4O3/c1-9(20-8-12(7-19-20)21(23)24)13(22)18-6-10-3-2-4-11(5-10)14(15,16)17/h2-5,7-9H,6H2,1H3,(H,18,22). The van der Waals surface area contributed by atoms with Crippen LogP contribution in [0.2, 0.25) is 0 Å².